The highest BCUT2D eigenvalue weighted by molar-refractivity contribution is 7.15. The number of piperidine rings is 1. The molecule has 2 heterocycles. The predicted molar refractivity (Wildman–Crippen MR) is 97.1 cm³/mol. The second kappa shape index (κ2) is 8.29. The Hall–Kier alpha value is -1.44. The van der Waals surface area contributed by atoms with Crippen molar-refractivity contribution in [3.63, 3.8) is 0 Å². The fourth-order valence-corrected chi connectivity index (χ4v) is 4.32. The van der Waals surface area contributed by atoms with Gasteiger partial charge in [0.2, 0.25) is 5.91 Å². The highest BCUT2D eigenvalue weighted by Crippen LogP contribution is 2.46. The van der Waals surface area contributed by atoms with Crippen molar-refractivity contribution in [2.45, 2.75) is 38.5 Å². The third kappa shape index (κ3) is 4.59. The van der Waals surface area contributed by atoms with Gasteiger partial charge >= 0.3 is 5.97 Å². The van der Waals surface area contributed by atoms with Crippen molar-refractivity contribution >= 4 is 28.2 Å². The molecule has 0 atom stereocenters. The number of aliphatic hydroxyl groups is 1. The molecule has 1 amide bonds. The summed E-state index contributed by atoms with van der Waals surface area (Å²) >= 11 is 1.41. The number of likely N-dealkylation sites (tertiary alicyclic amines) is 1. The fourth-order valence-electron chi connectivity index (χ4n) is 3.27. The molecule has 25 heavy (non-hydrogen) atoms. The maximum atomic E-state index is 12.4. The van der Waals surface area contributed by atoms with Crippen LogP contribution in [-0.2, 0) is 9.53 Å². The maximum Gasteiger partial charge on any atom is 0.341 e. The molecular weight excluding hydrogens is 340 g/mol. The van der Waals surface area contributed by atoms with Crippen molar-refractivity contribution in [2.24, 2.45) is 5.92 Å². The predicted octanol–water partition coefficient (Wildman–Crippen LogP) is 2.45. The number of anilines is 1. The minimum absolute atomic E-state index is 0.0998. The van der Waals surface area contributed by atoms with Crippen LogP contribution in [0.3, 0.4) is 0 Å². The van der Waals surface area contributed by atoms with Crippen molar-refractivity contribution < 1.29 is 19.4 Å². The number of thiophene rings is 1. The number of hydrogen-bond acceptors (Lipinski definition) is 6. The van der Waals surface area contributed by atoms with Gasteiger partial charge in [-0.2, -0.15) is 0 Å². The SMILES string of the molecule is CCOC(=O)c1c(C2CC2)csc1NC(=O)CN1CCC(CO)CC1. The Bertz CT molecular complexity index is 619. The number of nitrogens with zero attached hydrogens (tertiary/aromatic N) is 1. The summed E-state index contributed by atoms with van der Waals surface area (Å²) in [7, 11) is 0. The topological polar surface area (TPSA) is 78.9 Å². The number of aliphatic hydroxyl groups excluding tert-OH is 1. The summed E-state index contributed by atoms with van der Waals surface area (Å²) < 4.78 is 5.18. The Morgan fingerprint density at radius 3 is 2.64 bits per heavy atom. The van der Waals surface area contributed by atoms with E-state index in [1.54, 1.807) is 6.92 Å². The van der Waals surface area contributed by atoms with E-state index in [0.717, 1.165) is 44.3 Å². The van der Waals surface area contributed by atoms with Gasteiger partial charge in [-0.1, -0.05) is 0 Å². The van der Waals surface area contributed by atoms with Crippen LogP contribution in [0.4, 0.5) is 5.00 Å². The summed E-state index contributed by atoms with van der Waals surface area (Å²) in [5.74, 6) is 0.342. The van der Waals surface area contributed by atoms with E-state index in [4.69, 9.17) is 4.74 Å². The number of amides is 1. The van der Waals surface area contributed by atoms with Crippen LogP contribution in [0.1, 0.15) is 54.4 Å². The van der Waals surface area contributed by atoms with E-state index < -0.39 is 0 Å². The van der Waals surface area contributed by atoms with Crippen LogP contribution < -0.4 is 5.32 Å². The number of carbonyl (C=O) groups excluding carboxylic acids is 2. The molecule has 1 saturated heterocycles. The third-order valence-corrected chi connectivity index (χ3v) is 5.82. The number of hydrogen-bond donors (Lipinski definition) is 2. The van der Waals surface area contributed by atoms with Gasteiger partial charge in [0.1, 0.15) is 5.00 Å². The Balaban J connectivity index is 1.62. The highest BCUT2D eigenvalue weighted by atomic mass is 32.1. The van der Waals surface area contributed by atoms with Crippen molar-refractivity contribution in [1.29, 1.82) is 0 Å². The quantitative estimate of drug-likeness (QED) is 0.725. The molecule has 1 aromatic rings. The number of rotatable bonds is 7. The molecule has 0 bridgehead atoms. The Morgan fingerprint density at radius 1 is 1.32 bits per heavy atom. The largest absolute Gasteiger partial charge is 0.462 e. The average molecular weight is 366 g/mol. The first-order chi connectivity index (χ1) is 12.1. The molecule has 0 radical (unpaired) electrons. The van der Waals surface area contributed by atoms with Gasteiger partial charge in [-0.15, -0.1) is 11.3 Å². The lowest BCUT2D eigenvalue weighted by molar-refractivity contribution is -0.117. The lowest BCUT2D eigenvalue weighted by Gasteiger charge is -2.30. The van der Waals surface area contributed by atoms with Gasteiger partial charge in [-0.25, -0.2) is 4.79 Å². The summed E-state index contributed by atoms with van der Waals surface area (Å²) in [5.41, 5.74) is 1.56. The minimum Gasteiger partial charge on any atom is -0.462 e. The van der Waals surface area contributed by atoms with Gasteiger partial charge in [-0.05, 0) is 68.5 Å². The highest BCUT2D eigenvalue weighted by Gasteiger charge is 2.32. The molecule has 0 aromatic carbocycles. The molecule has 0 spiro atoms. The van der Waals surface area contributed by atoms with E-state index in [9.17, 15) is 14.7 Å². The van der Waals surface area contributed by atoms with Gasteiger partial charge in [0.05, 0.1) is 18.7 Å². The van der Waals surface area contributed by atoms with Crippen molar-refractivity contribution in [3.8, 4) is 0 Å². The van der Waals surface area contributed by atoms with Crippen LogP contribution in [0.5, 0.6) is 0 Å². The smallest absolute Gasteiger partial charge is 0.341 e. The van der Waals surface area contributed by atoms with Crippen molar-refractivity contribution in [2.75, 3.05) is 38.2 Å². The van der Waals surface area contributed by atoms with Gasteiger partial charge < -0.3 is 15.2 Å². The zero-order valence-electron chi connectivity index (χ0n) is 14.6. The first-order valence-corrected chi connectivity index (χ1v) is 9.91. The van der Waals surface area contributed by atoms with Crippen LogP contribution in [0.15, 0.2) is 5.38 Å². The van der Waals surface area contributed by atoms with E-state index in [1.165, 1.54) is 11.3 Å². The molecule has 138 valence electrons. The summed E-state index contributed by atoms with van der Waals surface area (Å²) in [5, 5.41) is 14.7. The molecule has 2 aliphatic rings. The van der Waals surface area contributed by atoms with Gasteiger partial charge in [-0.3, -0.25) is 9.69 Å². The van der Waals surface area contributed by atoms with Gasteiger partial charge in [0, 0.05) is 6.61 Å². The first kappa shape index (κ1) is 18.4. The van der Waals surface area contributed by atoms with E-state index in [-0.39, 0.29) is 18.5 Å². The molecule has 2 N–H and O–H groups in total. The van der Waals surface area contributed by atoms with Crippen LogP contribution in [0.25, 0.3) is 0 Å². The lowest BCUT2D eigenvalue weighted by atomic mass is 9.98. The number of carbonyl (C=O) groups is 2. The number of ether oxygens (including phenoxy) is 1. The molecular formula is C18H26N2O4S. The van der Waals surface area contributed by atoms with E-state index in [1.807, 2.05) is 5.38 Å². The minimum atomic E-state index is -0.343. The molecule has 7 heteroatoms. The van der Waals surface area contributed by atoms with Gasteiger partial charge in [0.15, 0.2) is 0 Å². The maximum absolute atomic E-state index is 12.4. The zero-order chi connectivity index (χ0) is 17.8. The lowest BCUT2D eigenvalue weighted by Crippen LogP contribution is -2.39. The monoisotopic (exact) mass is 366 g/mol. The summed E-state index contributed by atoms with van der Waals surface area (Å²) in [6.07, 6.45) is 4.03. The Morgan fingerprint density at radius 2 is 2.04 bits per heavy atom. The molecule has 1 saturated carbocycles. The Labute approximate surface area is 152 Å². The first-order valence-electron chi connectivity index (χ1n) is 9.04. The van der Waals surface area contributed by atoms with Crippen molar-refractivity contribution in [1.82, 2.24) is 4.90 Å². The zero-order valence-corrected chi connectivity index (χ0v) is 15.4. The molecule has 2 fully saturated rings. The van der Waals surface area contributed by atoms with Crippen LogP contribution >= 0.6 is 11.3 Å². The number of nitrogens with one attached hydrogen (secondary N) is 1. The standard InChI is InChI=1S/C18H26N2O4S/c1-2-24-18(23)16-14(13-3-4-13)11-25-17(16)19-15(22)9-20-7-5-12(10-21)6-8-20/h11-13,21H,2-10H2,1H3,(H,19,22). The van der Waals surface area contributed by atoms with E-state index in [2.05, 4.69) is 10.2 Å². The van der Waals surface area contributed by atoms with Crippen LogP contribution in [0.2, 0.25) is 0 Å². The molecule has 6 nitrogen and oxygen atoms in total. The molecule has 0 unspecified atom stereocenters. The second-order valence-corrected chi connectivity index (χ2v) is 7.72. The summed E-state index contributed by atoms with van der Waals surface area (Å²) in [6.45, 7) is 4.29. The normalized spacial score (nSPS) is 19.0. The number of esters is 1. The third-order valence-electron chi connectivity index (χ3n) is 4.90. The van der Waals surface area contributed by atoms with E-state index in [0.29, 0.717) is 35.6 Å². The van der Waals surface area contributed by atoms with Crippen LogP contribution in [-0.4, -0.2) is 54.7 Å². The average Bonchev–Trinajstić information content (AvgIpc) is 3.36. The summed E-state index contributed by atoms with van der Waals surface area (Å²) in [4.78, 5) is 26.8. The summed E-state index contributed by atoms with van der Waals surface area (Å²) in [6, 6.07) is 0. The molecule has 1 aliphatic heterocycles. The Kier molecular flexibility index (Phi) is 6.09. The van der Waals surface area contributed by atoms with Gasteiger partial charge in [0.25, 0.3) is 0 Å². The second-order valence-electron chi connectivity index (χ2n) is 6.84. The van der Waals surface area contributed by atoms with Crippen LogP contribution in [0, 0.1) is 5.92 Å². The fraction of sp³-hybridized carbons (Fsp3) is 0.667. The van der Waals surface area contributed by atoms with Crippen molar-refractivity contribution in [3.05, 3.63) is 16.5 Å². The molecule has 1 aromatic heterocycles. The molecule has 3 rings (SSSR count). The molecule has 1 aliphatic carbocycles. The van der Waals surface area contributed by atoms with E-state index >= 15 is 0 Å².